The second-order valence-electron chi connectivity index (χ2n) is 3.16. The second kappa shape index (κ2) is 3.70. The normalized spacial score (nSPS) is 22.2. The van der Waals surface area contributed by atoms with Crippen molar-refractivity contribution in [2.24, 2.45) is 0 Å². The van der Waals surface area contributed by atoms with Gasteiger partial charge in [-0.2, -0.15) is 0 Å². The van der Waals surface area contributed by atoms with Gasteiger partial charge in [-0.3, -0.25) is 4.98 Å². The summed E-state index contributed by atoms with van der Waals surface area (Å²) in [4.78, 5) is 10.5. The van der Waals surface area contributed by atoms with Gasteiger partial charge in [0.1, 0.15) is 5.82 Å². The third-order valence-electron chi connectivity index (χ3n) is 2.35. The molecular weight excluding hydrogens is 166 g/mol. The van der Waals surface area contributed by atoms with Gasteiger partial charge in [0.25, 0.3) is 0 Å². The minimum atomic E-state index is 0.349. The SMILES string of the molecule is CO[C@@H]1CCN(c2cnccn2)C1. The minimum Gasteiger partial charge on any atom is -0.380 e. The largest absolute Gasteiger partial charge is 0.380 e. The molecule has 0 bridgehead atoms. The Morgan fingerprint density at radius 1 is 1.54 bits per heavy atom. The van der Waals surface area contributed by atoms with Crippen LogP contribution in [0.4, 0.5) is 5.82 Å². The lowest BCUT2D eigenvalue weighted by molar-refractivity contribution is 0.121. The van der Waals surface area contributed by atoms with Crippen molar-refractivity contribution in [2.75, 3.05) is 25.1 Å². The smallest absolute Gasteiger partial charge is 0.147 e. The van der Waals surface area contributed by atoms with Gasteiger partial charge in [-0.25, -0.2) is 4.98 Å². The first kappa shape index (κ1) is 8.44. The molecule has 0 spiro atoms. The van der Waals surface area contributed by atoms with Crippen molar-refractivity contribution in [1.82, 2.24) is 9.97 Å². The quantitative estimate of drug-likeness (QED) is 0.670. The molecule has 4 heteroatoms. The first-order valence-corrected chi connectivity index (χ1v) is 4.44. The van der Waals surface area contributed by atoms with Gasteiger partial charge in [-0.1, -0.05) is 0 Å². The molecule has 0 saturated carbocycles. The van der Waals surface area contributed by atoms with Crippen molar-refractivity contribution in [3.8, 4) is 0 Å². The molecule has 0 aromatic carbocycles. The van der Waals surface area contributed by atoms with E-state index in [1.54, 1.807) is 25.7 Å². The predicted octanol–water partition coefficient (Wildman–Crippen LogP) is 0.702. The molecular formula is C9H13N3O. The number of aromatic nitrogens is 2. The molecule has 0 N–H and O–H groups in total. The van der Waals surface area contributed by atoms with E-state index < -0.39 is 0 Å². The molecule has 1 saturated heterocycles. The van der Waals surface area contributed by atoms with Gasteiger partial charge in [0, 0.05) is 32.6 Å². The summed E-state index contributed by atoms with van der Waals surface area (Å²) >= 11 is 0. The van der Waals surface area contributed by atoms with Crippen LogP contribution in [0.2, 0.25) is 0 Å². The van der Waals surface area contributed by atoms with Crippen molar-refractivity contribution >= 4 is 5.82 Å². The van der Waals surface area contributed by atoms with E-state index in [1.165, 1.54) is 0 Å². The van der Waals surface area contributed by atoms with Crippen molar-refractivity contribution in [1.29, 1.82) is 0 Å². The molecule has 4 nitrogen and oxygen atoms in total. The van der Waals surface area contributed by atoms with Gasteiger partial charge < -0.3 is 9.64 Å². The molecule has 1 fully saturated rings. The van der Waals surface area contributed by atoms with Gasteiger partial charge in [0.15, 0.2) is 0 Å². The molecule has 0 unspecified atom stereocenters. The van der Waals surface area contributed by atoms with E-state index in [4.69, 9.17) is 4.74 Å². The van der Waals surface area contributed by atoms with Crippen molar-refractivity contribution < 1.29 is 4.74 Å². The topological polar surface area (TPSA) is 38.2 Å². The molecule has 1 aliphatic heterocycles. The summed E-state index contributed by atoms with van der Waals surface area (Å²) < 4.78 is 5.27. The molecule has 2 heterocycles. The van der Waals surface area contributed by atoms with Gasteiger partial charge in [-0.05, 0) is 6.42 Å². The Bertz CT molecular complexity index is 265. The predicted molar refractivity (Wildman–Crippen MR) is 49.7 cm³/mol. The lowest BCUT2D eigenvalue weighted by Crippen LogP contribution is -2.23. The highest BCUT2D eigenvalue weighted by Crippen LogP contribution is 2.17. The summed E-state index contributed by atoms with van der Waals surface area (Å²) in [6, 6.07) is 0. The summed E-state index contributed by atoms with van der Waals surface area (Å²) in [6.07, 6.45) is 6.62. The van der Waals surface area contributed by atoms with E-state index in [0.29, 0.717) is 6.10 Å². The highest BCUT2D eigenvalue weighted by Gasteiger charge is 2.22. The van der Waals surface area contributed by atoms with Crippen molar-refractivity contribution in [2.45, 2.75) is 12.5 Å². The molecule has 1 aromatic heterocycles. The molecule has 13 heavy (non-hydrogen) atoms. The fourth-order valence-corrected chi connectivity index (χ4v) is 1.58. The first-order valence-electron chi connectivity index (χ1n) is 4.44. The number of nitrogens with zero attached hydrogens (tertiary/aromatic N) is 3. The van der Waals surface area contributed by atoms with Crippen molar-refractivity contribution in [3.63, 3.8) is 0 Å². The van der Waals surface area contributed by atoms with Crippen LogP contribution in [0.1, 0.15) is 6.42 Å². The zero-order valence-corrected chi connectivity index (χ0v) is 7.68. The number of ether oxygens (including phenoxy) is 1. The van der Waals surface area contributed by atoms with Gasteiger partial charge in [0.2, 0.25) is 0 Å². The fraction of sp³-hybridized carbons (Fsp3) is 0.556. The van der Waals surface area contributed by atoms with E-state index in [-0.39, 0.29) is 0 Å². The Morgan fingerprint density at radius 2 is 2.46 bits per heavy atom. The molecule has 1 atom stereocenters. The number of hydrogen-bond donors (Lipinski definition) is 0. The van der Waals surface area contributed by atoms with Crippen LogP contribution in [0.25, 0.3) is 0 Å². The Hall–Kier alpha value is -1.16. The van der Waals surface area contributed by atoms with Crippen LogP contribution in [0.3, 0.4) is 0 Å². The van der Waals surface area contributed by atoms with E-state index in [9.17, 15) is 0 Å². The van der Waals surface area contributed by atoms with E-state index in [0.717, 1.165) is 25.3 Å². The highest BCUT2D eigenvalue weighted by molar-refractivity contribution is 5.36. The third-order valence-corrected chi connectivity index (χ3v) is 2.35. The van der Waals surface area contributed by atoms with Gasteiger partial charge >= 0.3 is 0 Å². The third kappa shape index (κ3) is 1.78. The van der Waals surface area contributed by atoms with E-state index in [2.05, 4.69) is 14.9 Å². The zero-order valence-electron chi connectivity index (χ0n) is 7.68. The maximum absolute atomic E-state index is 5.27. The molecule has 2 rings (SSSR count). The second-order valence-corrected chi connectivity index (χ2v) is 3.16. The lowest BCUT2D eigenvalue weighted by atomic mass is 10.3. The Kier molecular flexibility index (Phi) is 2.40. The Labute approximate surface area is 77.6 Å². The van der Waals surface area contributed by atoms with Crippen LogP contribution < -0.4 is 4.90 Å². The fourth-order valence-electron chi connectivity index (χ4n) is 1.58. The van der Waals surface area contributed by atoms with Gasteiger partial charge in [-0.15, -0.1) is 0 Å². The van der Waals surface area contributed by atoms with Crippen LogP contribution in [-0.2, 0) is 4.74 Å². The molecule has 1 aliphatic rings. The Morgan fingerprint density at radius 3 is 3.08 bits per heavy atom. The van der Waals surface area contributed by atoms with Crippen LogP contribution >= 0.6 is 0 Å². The zero-order chi connectivity index (χ0) is 9.10. The van der Waals surface area contributed by atoms with Crippen LogP contribution in [0.5, 0.6) is 0 Å². The number of methoxy groups -OCH3 is 1. The molecule has 0 radical (unpaired) electrons. The van der Waals surface area contributed by atoms with Crippen LogP contribution in [0.15, 0.2) is 18.6 Å². The molecule has 70 valence electrons. The maximum atomic E-state index is 5.27. The van der Waals surface area contributed by atoms with Crippen molar-refractivity contribution in [3.05, 3.63) is 18.6 Å². The van der Waals surface area contributed by atoms with Gasteiger partial charge in [0.05, 0.1) is 12.3 Å². The summed E-state index contributed by atoms with van der Waals surface area (Å²) in [5.74, 6) is 0.946. The average molecular weight is 179 g/mol. The van der Waals surface area contributed by atoms with Crippen LogP contribution in [0, 0.1) is 0 Å². The summed E-state index contributed by atoms with van der Waals surface area (Å²) in [5.41, 5.74) is 0. The summed E-state index contributed by atoms with van der Waals surface area (Å²) in [5, 5.41) is 0. The minimum absolute atomic E-state index is 0.349. The standard InChI is InChI=1S/C9H13N3O/c1-13-8-2-5-12(7-8)9-6-10-3-4-11-9/h3-4,6,8H,2,5,7H2,1H3/t8-/m1/s1. The van der Waals surface area contributed by atoms with E-state index >= 15 is 0 Å². The molecule has 0 amide bonds. The molecule has 1 aromatic rings. The average Bonchev–Trinajstić information content (AvgIpc) is 2.67. The summed E-state index contributed by atoms with van der Waals surface area (Å²) in [6.45, 7) is 1.94. The first-order chi connectivity index (χ1) is 6.40. The maximum Gasteiger partial charge on any atom is 0.147 e. The number of rotatable bonds is 2. The number of anilines is 1. The lowest BCUT2D eigenvalue weighted by Gasteiger charge is -2.15. The van der Waals surface area contributed by atoms with Crippen LogP contribution in [-0.4, -0.2) is 36.3 Å². The summed E-state index contributed by atoms with van der Waals surface area (Å²) in [7, 11) is 1.75. The molecule has 0 aliphatic carbocycles. The number of hydrogen-bond acceptors (Lipinski definition) is 4. The highest BCUT2D eigenvalue weighted by atomic mass is 16.5. The van der Waals surface area contributed by atoms with E-state index in [1.807, 2.05) is 0 Å². The Balaban J connectivity index is 2.04. The monoisotopic (exact) mass is 179 g/mol.